The standard InChI is InChI=1S/C22H21N3O2S/c1-14-7-9-17(10-8-14)25-20(26)12-19(22(25)27)28-21-16(13-23)11-15-5-3-2-4-6-18(15)24-21/h7-11,19H,2-6,12H2,1H3/t19-/m0/s1. The first-order chi connectivity index (χ1) is 13.6. The van der Waals surface area contributed by atoms with Crippen molar-refractivity contribution >= 4 is 29.3 Å². The maximum absolute atomic E-state index is 12.9. The number of benzene rings is 1. The quantitative estimate of drug-likeness (QED) is 0.585. The van der Waals surface area contributed by atoms with Crippen molar-refractivity contribution in [3.05, 3.63) is 52.7 Å². The maximum Gasteiger partial charge on any atom is 0.247 e. The zero-order chi connectivity index (χ0) is 19.7. The van der Waals surface area contributed by atoms with Crippen molar-refractivity contribution < 1.29 is 9.59 Å². The highest BCUT2D eigenvalue weighted by Crippen LogP contribution is 2.36. The van der Waals surface area contributed by atoms with Crippen LogP contribution < -0.4 is 4.90 Å². The van der Waals surface area contributed by atoms with Crippen LogP contribution in [-0.4, -0.2) is 22.0 Å². The van der Waals surface area contributed by atoms with Crippen LogP contribution in [0.15, 0.2) is 35.4 Å². The lowest BCUT2D eigenvalue weighted by Gasteiger charge is -2.15. The predicted octanol–water partition coefficient (Wildman–Crippen LogP) is 3.95. The summed E-state index contributed by atoms with van der Waals surface area (Å²) in [6, 6.07) is 11.5. The summed E-state index contributed by atoms with van der Waals surface area (Å²) in [5.74, 6) is -0.445. The van der Waals surface area contributed by atoms with Gasteiger partial charge in [0.1, 0.15) is 11.1 Å². The number of rotatable bonds is 3. The average Bonchev–Trinajstić information content (AvgIpc) is 2.85. The molecule has 2 aromatic rings. The van der Waals surface area contributed by atoms with Crippen LogP contribution in [-0.2, 0) is 22.4 Å². The number of carbonyl (C=O) groups excluding carboxylic acids is 2. The van der Waals surface area contributed by atoms with Crippen LogP contribution in [0.4, 0.5) is 5.69 Å². The second-order valence-electron chi connectivity index (χ2n) is 7.33. The SMILES string of the molecule is Cc1ccc(N2C(=O)C[C@H](Sc3nc4c(cc3C#N)CCCCC4)C2=O)cc1. The Balaban J connectivity index is 1.60. The zero-order valence-electron chi connectivity index (χ0n) is 15.8. The number of nitrogens with zero attached hydrogens (tertiary/aromatic N) is 3. The van der Waals surface area contributed by atoms with E-state index in [0.717, 1.165) is 42.5 Å². The molecule has 1 aliphatic carbocycles. The van der Waals surface area contributed by atoms with E-state index in [1.807, 2.05) is 25.1 Å². The molecule has 142 valence electrons. The summed E-state index contributed by atoms with van der Waals surface area (Å²) in [7, 11) is 0. The molecular formula is C22H21N3O2S. The number of aryl methyl sites for hydroxylation is 3. The van der Waals surface area contributed by atoms with Crippen molar-refractivity contribution in [2.75, 3.05) is 4.90 Å². The lowest BCUT2D eigenvalue weighted by molar-refractivity contribution is -0.121. The van der Waals surface area contributed by atoms with E-state index in [4.69, 9.17) is 4.98 Å². The Kier molecular flexibility index (Phi) is 5.19. The molecule has 1 saturated heterocycles. The van der Waals surface area contributed by atoms with Gasteiger partial charge in [0.15, 0.2) is 0 Å². The van der Waals surface area contributed by atoms with Gasteiger partial charge in [-0.1, -0.05) is 35.9 Å². The number of hydrogen-bond donors (Lipinski definition) is 0. The van der Waals surface area contributed by atoms with Crippen LogP contribution in [0.1, 0.15) is 48.1 Å². The molecule has 1 fully saturated rings. The lowest BCUT2D eigenvalue weighted by Crippen LogP contribution is -2.31. The first-order valence-corrected chi connectivity index (χ1v) is 10.5. The summed E-state index contributed by atoms with van der Waals surface area (Å²) < 4.78 is 0. The molecule has 0 unspecified atom stereocenters. The summed E-state index contributed by atoms with van der Waals surface area (Å²) >= 11 is 1.25. The molecule has 5 nitrogen and oxygen atoms in total. The maximum atomic E-state index is 12.9. The van der Waals surface area contributed by atoms with Crippen LogP contribution in [0.5, 0.6) is 0 Å². The summed E-state index contributed by atoms with van der Waals surface area (Å²) in [6.07, 6.45) is 5.36. The monoisotopic (exact) mass is 391 g/mol. The van der Waals surface area contributed by atoms with Gasteiger partial charge in [0.2, 0.25) is 11.8 Å². The Morgan fingerprint density at radius 2 is 1.89 bits per heavy atom. The second-order valence-corrected chi connectivity index (χ2v) is 8.52. The first kappa shape index (κ1) is 18.7. The number of imide groups is 1. The third-order valence-corrected chi connectivity index (χ3v) is 6.47. The number of amides is 2. The van der Waals surface area contributed by atoms with Crippen molar-refractivity contribution in [1.29, 1.82) is 5.26 Å². The fourth-order valence-corrected chi connectivity index (χ4v) is 4.85. The normalized spacial score (nSPS) is 19.3. The molecule has 0 spiro atoms. The van der Waals surface area contributed by atoms with Gasteiger partial charge in [-0.3, -0.25) is 9.59 Å². The van der Waals surface area contributed by atoms with Crippen LogP contribution >= 0.6 is 11.8 Å². The minimum Gasteiger partial charge on any atom is -0.274 e. The van der Waals surface area contributed by atoms with Gasteiger partial charge < -0.3 is 0 Å². The van der Waals surface area contributed by atoms with Crippen molar-refractivity contribution in [2.45, 2.75) is 55.7 Å². The molecule has 0 N–H and O–H groups in total. The minimum absolute atomic E-state index is 0.126. The highest BCUT2D eigenvalue weighted by molar-refractivity contribution is 8.00. The van der Waals surface area contributed by atoms with Gasteiger partial charge in [-0.05, 0) is 56.4 Å². The lowest BCUT2D eigenvalue weighted by atomic mass is 10.1. The molecule has 2 aliphatic rings. The van der Waals surface area contributed by atoms with Crippen LogP contribution in [0.3, 0.4) is 0 Å². The van der Waals surface area contributed by atoms with Gasteiger partial charge in [-0.25, -0.2) is 9.88 Å². The third-order valence-electron chi connectivity index (χ3n) is 5.29. The molecule has 0 saturated carbocycles. The van der Waals surface area contributed by atoms with E-state index in [9.17, 15) is 14.9 Å². The fourth-order valence-electron chi connectivity index (χ4n) is 3.76. The van der Waals surface area contributed by atoms with E-state index < -0.39 is 5.25 Å². The minimum atomic E-state index is -0.544. The topological polar surface area (TPSA) is 74.1 Å². The van der Waals surface area contributed by atoms with Gasteiger partial charge in [-0.15, -0.1) is 0 Å². The van der Waals surface area contributed by atoms with Crippen molar-refractivity contribution in [3.8, 4) is 6.07 Å². The Hall–Kier alpha value is -2.65. The summed E-state index contributed by atoms with van der Waals surface area (Å²) in [5.41, 5.74) is 4.35. The molecule has 1 aliphatic heterocycles. The molecule has 1 aromatic carbocycles. The van der Waals surface area contributed by atoms with Gasteiger partial charge >= 0.3 is 0 Å². The van der Waals surface area contributed by atoms with E-state index in [-0.39, 0.29) is 18.2 Å². The molecule has 2 amide bonds. The van der Waals surface area contributed by atoms with Gasteiger partial charge in [0, 0.05) is 12.1 Å². The summed E-state index contributed by atoms with van der Waals surface area (Å²) in [6.45, 7) is 1.96. The number of anilines is 1. The van der Waals surface area contributed by atoms with E-state index >= 15 is 0 Å². The third kappa shape index (κ3) is 3.55. The molecule has 0 bridgehead atoms. The Morgan fingerprint density at radius 1 is 1.14 bits per heavy atom. The molecule has 1 atom stereocenters. The number of aromatic nitrogens is 1. The molecule has 1 aromatic heterocycles. The second kappa shape index (κ2) is 7.76. The first-order valence-electron chi connectivity index (χ1n) is 9.60. The highest BCUT2D eigenvalue weighted by atomic mass is 32.2. The number of nitriles is 1. The number of thioether (sulfide) groups is 1. The summed E-state index contributed by atoms with van der Waals surface area (Å²) in [4.78, 5) is 31.4. The van der Waals surface area contributed by atoms with Crippen LogP contribution in [0.25, 0.3) is 0 Å². The van der Waals surface area contributed by atoms with Crippen molar-refractivity contribution in [2.24, 2.45) is 0 Å². The predicted molar refractivity (Wildman–Crippen MR) is 108 cm³/mol. The highest BCUT2D eigenvalue weighted by Gasteiger charge is 2.40. The number of carbonyl (C=O) groups is 2. The van der Waals surface area contributed by atoms with E-state index in [1.165, 1.54) is 23.1 Å². The Labute approximate surface area is 168 Å². The van der Waals surface area contributed by atoms with Crippen molar-refractivity contribution in [3.63, 3.8) is 0 Å². The number of hydrogen-bond acceptors (Lipinski definition) is 5. The largest absolute Gasteiger partial charge is 0.274 e. The van der Waals surface area contributed by atoms with Crippen LogP contribution in [0.2, 0.25) is 0 Å². The summed E-state index contributed by atoms with van der Waals surface area (Å²) in [5, 5.41) is 9.60. The molecule has 2 heterocycles. The van der Waals surface area contributed by atoms with Gasteiger partial charge in [0.05, 0.1) is 16.5 Å². The average molecular weight is 391 g/mol. The number of pyridine rings is 1. The number of fused-ring (bicyclic) bond motifs is 1. The zero-order valence-corrected chi connectivity index (χ0v) is 16.6. The fraction of sp³-hybridized carbons (Fsp3) is 0.364. The van der Waals surface area contributed by atoms with E-state index in [2.05, 4.69) is 6.07 Å². The van der Waals surface area contributed by atoms with E-state index in [0.29, 0.717) is 16.3 Å². The van der Waals surface area contributed by atoms with Crippen molar-refractivity contribution in [1.82, 2.24) is 4.98 Å². The van der Waals surface area contributed by atoms with Gasteiger partial charge in [0.25, 0.3) is 0 Å². The molecule has 4 rings (SSSR count). The Bertz CT molecular complexity index is 979. The van der Waals surface area contributed by atoms with Crippen LogP contribution in [0, 0.1) is 18.3 Å². The molecule has 6 heteroatoms. The molecule has 0 radical (unpaired) electrons. The smallest absolute Gasteiger partial charge is 0.247 e. The van der Waals surface area contributed by atoms with Gasteiger partial charge in [-0.2, -0.15) is 5.26 Å². The van der Waals surface area contributed by atoms with E-state index in [1.54, 1.807) is 12.1 Å². The molecular weight excluding hydrogens is 370 g/mol. The molecule has 28 heavy (non-hydrogen) atoms. The Morgan fingerprint density at radius 3 is 2.64 bits per heavy atom.